The molecule has 1 aromatic rings. The van der Waals surface area contributed by atoms with Gasteiger partial charge in [-0.25, -0.2) is 0 Å². The summed E-state index contributed by atoms with van der Waals surface area (Å²) in [6.07, 6.45) is 3.11. The van der Waals surface area contributed by atoms with E-state index < -0.39 is 0 Å². The molecular weight excluding hydrogens is 246 g/mol. The van der Waals surface area contributed by atoms with Gasteiger partial charge >= 0.3 is 0 Å². The first-order chi connectivity index (χ1) is 8.79. The van der Waals surface area contributed by atoms with E-state index in [1.165, 1.54) is 24.2 Å². The maximum Gasteiger partial charge on any atom is 0.0573 e. The number of hydrogen-bond acceptors (Lipinski definition) is 3. The number of rotatable bonds is 4. The standard InChI is InChI=1S/C14H22ClN3/c1-13-4-2-6-16-14(13)12-18-8-3-7-17(9-5-15)10-11-18/h2,4,6H,3,5,7-12H2,1H3. The summed E-state index contributed by atoms with van der Waals surface area (Å²) in [6, 6.07) is 4.14. The van der Waals surface area contributed by atoms with Crippen LogP contribution in [0.25, 0.3) is 0 Å². The van der Waals surface area contributed by atoms with E-state index in [0.29, 0.717) is 0 Å². The summed E-state index contributed by atoms with van der Waals surface area (Å²) in [5.74, 6) is 0.735. The molecule has 1 saturated heterocycles. The van der Waals surface area contributed by atoms with Crippen molar-refractivity contribution in [2.24, 2.45) is 0 Å². The molecule has 1 fully saturated rings. The zero-order valence-electron chi connectivity index (χ0n) is 11.1. The summed E-state index contributed by atoms with van der Waals surface area (Å²) in [6.45, 7) is 8.70. The molecule has 1 aliphatic heterocycles. The molecule has 1 aliphatic rings. The fraction of sp³-hybridized carbons (Fsp3) is 0.643. The maximum atomic E-state index is 5.81. The highest BCUT2D eigenvalue weighted by molar-refractivity contribution is 6.18. The van der Waals surface area contributed by atoms with Crippen LogP contribution in [0, 0.1) is 6.92 Å². The summed E-state index contributed by atoms with van der Waals surface area (Å²) in [7, 11) is 0. The van der Waals surface area contributed by atoms with Gasteiger partial charge in [0.15, 0.2) is 0 Å². The number of nitrogens with zero attached hydrogens (tertiary/aromatic N) is 3. The number of pyridine rings is 1. The van der Waals surface area contributed by atoms with Crippen LogP contribution in [-0.2, 0) is 6.54 Å². The van der Waals surface area contributed by atoms with Crippen molar-refractivity contribution in [1.29, 1.82) is 0 Å². The zero-order valence-corrected chi connectivity index (χ0v) is 11.9. The van der Waals surface area contributed by atoms with E-state index >= 15 is 0 Å². The van der Waals surface area contributed by atoms with Gasteiger partial charge in [0.25, 0.3) is 0 Å². The van der Waals surface area contributed by atoms with E-state index in [9.17, 15) is 0 Å². The Kier molecular flexibility index (Phi) is 5.42. The molecule has 100 valence electrons. The molecule has 1 aromatic heterocycles. The largest absolute Gasteiger partial charge is 0.301 e. The third-order valence-electron chi connectivity index (χ3n) is 3.57. The van der Waals surface area contributed by atoms with Crippen molar-refractivity contribution < 1.29 is 0 Å². The molecule has 0 bridgehead atoms. The van der Waals surface area contributed by atoms with Crippen molar-refractivity contribution in [3.63, 3.8) is 0 Å². The topological polar surface area (TPSA) is 19.4 Å². The van der Waals surface area contributed by atoms with E-state index in [1.54, 1.807) is 0 Å². The van der Waals surface area contributed by atoms with E-state index in [-0.39, 0.29) is 0 Å². The van der Waals surface area contributed by atoms with Crippen LogP contribution in [0.3, 0.4) is 0 Å². The molecule has 2 heterocycles. The Morgan fingerprint density at radius 2 is 2.00 bits per heavy atom. The molecule has 0 N–H and O–H groups in total. The lowest BCUT2D eigenvalue weighted by molar-refractivity contribution is 0.255. The molecular formula is C14H22ClN3. The number of alkyl halides is 1. The van der Waals surface area contributed by atoms with Gasteiger partial charge in [0.05, 0.1) is 5.69 Å². The zero-order chi connectivity index (χ0) is 12.8. The highest BCUT2D eigenvalue weighted by atomic mass is 35.5. The summed E-state index contributed by atoms with van der Waals surface area (Å²) in [4.78, 5) is 9.44. The SMILES string of the molecule is Cc1cccnc1CN1CCCN(CCCl)CC1. The number of halogens is 1. The van der Waals surface area contributed by atoms with Crippen LogP contribution in [0.4, 0.5) is 0 Å². The van der Waals surface area contributed by atoms with Crippen LogP contribution in [0.5, 0.6) is 0 Å². The lowest BCUT2D eigenvalue weighted by Crippen LogP contribution is -2.32. The fourth-order valence-electron chi connectivity index (χ4n) is 2.42. The van der Waals surface area contributed by atoms with Crippen molar-refractivity contribution in [2.45, 2.75) is 19.9 Å². The summed E-state index contributed by atoms with van der Waals surface area (Å²) in [5, 5.41) is 0. The first-order valence-corrected chi connectivity index (χ1v) is 7.24. The van der Waals surface area contributed by atoms with Gasteiger partial charge in [0.2, 0.25) is 0 Å². The smallest absolute Gasteiger partial charge is 0.0573 e. The quantitative estimate of drug-likeness (QED) is 0.780. The van der Waals surface area contributed by atoms with Gasteiger partial charge in [-0.05, 0) is 38.1 Å². The molecule has 3 nitrogen and oxygen atoms in total. The molecule has 0 aromatic carbocycles. The lowest BCUT2D eigenvalue weighted by Gasteiger charge is -2.21. The van der Waals surface area contributed by atoms with Crippen molar-refractivity contribution in [1.82, 2.24) is 14.8 Å². The van der Waals surface area contributed by atoms with Crippen molar-refractivity contribution in [2.75, 3.05) is 38.6 Å². The highest BCUT2D eigenvalue weighted by Crippen LogP contribution is 2.10. The monoisotopic (exact) mass is 267 g/mol. The van der Waals surface area contributed by atoms with Crippen LogP contribution in [-0.4, -0.2) is 53.4 Å². The Balaban J connectivity index is 1.89. The Labute approximate surface area is 115 Å². The van der Waals surface area contributed by atoms with Crippen LogP contribution >= 0.6 is 11.6 Å². The lowest BCUT2D eigenvalue weighted by atomic mass is 10.2. The Bertz CT molecular complexity index is 370. The summed E-state index contributed by atoms with van der Waals surface area (Å²) in [5.41, 5.74) is 2.50. The van der Waals surface area contributed by atoms with E-state index in [0.717, 1.165) is 38.6 Å². The van der Waals surface area contributed by atoms with Crippen molar-refractivity contribution >= 4 is 11.6 Å². The third kappa shape index (κ3) is 3.94. The molecule has 0 saturated carbocycles. The maximum absolute atomic E-state index is 5.81. The number of aromatic nitrogens is 1. The minimum Gasteiger partial charge on any atom is -0.301 e. The first-order valence-electron chi connectivity index (χ1n) is 6.71. The second-order valence-corrected chi connectivity index (χ2v) is 5.31. The average molecular weight is 268 g/mol. The van der Waals surface area contributed by atoms with E-state index in [2.05, 4.69) is 27.8 Å². The summed E-state index contributed by atoms with van der Waals surface area (Å²) < 4.78 is 0. The molecule has 0 aliphatic carbocycles. The van der Waals surface area contributed by atoms with Gasteiger partial charge in [0.1, 0.15) is 0 Å². The predicted octanol–water partition coefficient (Wildman–Crippen LogP) is 2.14. The van der Waals surface area contributed by atoms with E-state index in [4.69, 9.17) is 11.6 Å². The van der Waals surface area contributed by atoms with Gasteiger partial charge in [-0.3, -0.25) is 9.88 Å². The predicted molar refractivity (Wildman–Crippen MR) is 76.0 cm³/mol. The van der Waals surface area contributed by atoms with E-state index in [1.807, 2.05) is 12.3 Å². The molecule has 0 unspecified atom stereocenters. The van der Waals surface area contributed by atoms with Crippen LogP contribution < -0.4 is 0 Å². The Morgan fingerprint density at radius 3 is 2.78 bits per heavy atom. The molecule has 0 radical (unpaired) electrons. The van der Waals surface area contributed by atoms with Gasteiger partial charge < -0.3 is 4.90 Å². The molecule has 0 amide bonds. The second kappa shape index (κ2) is 7.07. The average Bonchev–Trinajstić information content (AvgIpc) is 2.59. The van der Waals surface area contributed by atoms with Crippen LogP contribution in [0.2, 0.25) is 0 Å². The number of aryl methyl sites for hydroxylation is 1. The fourth-order valence-corrected chi connectivity index (χ4v) is 2.66. The van der Waals surface area contributed by atoms with Crippen LogP contribution in [0.1, 0.15) is 17.7 Å². The van der Waals surface area contributed by atoms with Gasteiger partial charge in [-0.1, -0.05) is 6.07 Å². The second-order valence-electron chi connectivity index (χ2n) is 4.93. The van der Waals surface area contributed by atoms with Crippen molar-refractivity contribution in [3.8, 4) is 0 Å². The number of hydrogen-bond donors (Lipinski definition) is 0. The molecule has 4 heteroatoms. The molecule has 2 rings (SSSR count). The molecule has 0 spiro atoms. The first kappa shape index (κ1) is 13.8. The summed E-state index contributed by atoms with van der Waals surface area (Å²) >= 11 is 5.81. The Hall–Kier alpha value is -0.640. The highest BCUT2D eigenvalue weighted by Gasteiger charge is 2.15. The third-order valence-corrected chi connectivity index (χ3v) is 3.74. The van der Waals surface area contributed by atoms with Gasteiger partial charge in [0, 0.05) is 38.3 Å². The minimum atomic E-state index is 0.735. The van der Waals surface area contributed by atoms with Crippen molar-refractivity contribution in [3.05, 3.63) is 29.6 Å². The Morgan fingerprint density at radius 1 is 1.22 bits per heavy atom. The molecule has 18 heavy (non-hydrogen) atoms. The molecule has 0 atom stereocenters. The normalized spacial score (nSPS) is 18.8. The van der Waals surface area contributed by atoms with Gasteiger partial charge in [-0.2, -0.15) is 0 Å². The van der Waals surface area contributed by atoms with Crippen LogP contribution in [0.15, 0.2) is 18.3 Å². The van der Waals surface area contributed by atoms with Gasteiger partial charge in [-0.15, -0.1) is 11.6 Å². The minimum absolute atomic E-state index is 0.735.